The van der Waals surface area contributed by atoms with E-state index in [-0.39, 0.29) is 11.8 Å². The highest BCUT2D eigenvalue weighted by Crippen LogP contribution is 2.27. The minimum absolute atomic E-state index is 0.109. The van der Waals surface area contributed by atoms with E-state index in [1.54, 1.807) is 4.90 Å². The van der Waals surface area contributed by atoms with Gasteiger partial charge in [0.25, 0.3) is 0 Å². The molecule has 0 saturated carbocycles. The van der Waals surface area contributed by atoms with Gasteiger partial charge in [-0.3, -0.25) is 8.98 Å². The number of amides is 1. The van der Waals surface area contributed by atoms with Gasteiger partial charge in [-0.2, -0.15) is 0 Å². The van der Waals surface area contributed by atoms with E-state index in [2.05, 4.69) is 26.0 Å². The summed E-state index contributed by atoms with van der Waals surface area (Å²) >= 11 is -1.27. The first-order valence-corrected chi connectivity index (χ1v) is 8.32. The zero-order valence-electron chi connectivity index (χ0n) is 12.2. The van der Waals surface area contributed by atoms with Gasteiger partial charge in [-0.05, 0) is 23.6 Å². The molecule has 1 aliphatic heterocycles. The molecule has 1 fully saturated rings. The van der Waals surface area contributed by atoms with Gasteiger partial charge in [-0.25, -0.2) is 4.21 Å². The lowest BCUT2D eigenvalue weighted by atomic mass is 10.0. The summed E-state index contributed by atoms with van der Waals surface area (Å²) in [5.41, 5.74) is 2.20. The van der Waals surface area contributed by atoms with E-state index < -0.39 is 11.1 Å². The zero-order chi connectivity index (χ0) is 14.7. The van der Waals surface area contributed by atoms with E-state index in [1.165, 1.54) is 11.8 Å². The third kappa shape index (κ3) is 3.67. The SMILES string of the molecule is CC(C)c1ccc(N2CC(COS(C)=O)CC2=O)cc1. The van der Waals surface area contributed by atoms with Crippen LogP contribution in [0.3, 0.4) is 0 Å². The Morgan fingerprint density at radius 3 is 2.55 bits per heavy atom. The van der Waals surface area contributed by atoms with Crippen molar-refractivity contribution in [2.75, 3.05) is 24.3 Å². The van der Waals surface area contributed by atoms with E-state index >= 15 is 0 Å². The molecule has 2 atom stereocenters. The summed E-state index contributed by atoms with van der Waals surface area (Å²) in [6, 6.07) is 8.12. The van der Waals surface area contributed by atoms with Crippen LogP contribution in [0.25, 0.3) is 0 Å². The minimum Gasteiger partial charge on any atom is -0.312 e. The lowest BCUT2D eigenvalue weighted by molar-refractivity contribution is -0.117. The molecule has 4 nitrogen and oxygen atoms in total. The molecule has 1 aliphatic rings. The van der Waals surface area contributed by atoms with Gasteiger partial charge in [0.2, 0.25) is 5.91 Å². The molecule has 0 aliphatic carbocycles. The van der Waals surface area contributed by atoms with Crippen molar-refractivity contribution in [3.63, 3.8) is 0 Å². The third-order valence-corrected chi connectivity index (χ3v) is 4.01. The van der Waals surface area contributed by atoms with Gasteiger partial charge in [0.15, 0.2) is 11.1 Å². The van der Waals surface area contributed by atoms with Crippen LogP contribution in [0.15, 0.2) is 24.3 Å². The molecule has 2 unspecified atom stereocenters. The van der Waals surface area contributed by atoms with Crippen molar-refractivity contribution in [3.05, 3.63) is 29.8 Å². The smallest absolute Gasteiger partial charge is 0.227 e. The van der Waals surface area contributed by atoms with Gasteiger partial charge in [0.1, 0.15) is 0 Å². The van der Waals surface area contributed by atoms with Crippen LogP contribution < -0.4 is 4.90 Å². The summed E-state index contributed by atoms with van der Waals surface area (Å²) in [7, 11) is 0. The van der Waals surface area contributed by atoms with Crippen LogP contribution in [0.2, 0.25) is 0 Å². The fraction of sp³-hybridized carbons (Fsp3) is 0.533. The molecular formula is C15H21NO3S. The Kier molecular flexibility index (Phi) is 4.94. The highest BCUT2D eigenvalue weighted by atomic mass is 32.2. The van der Waals surface area contributed by atoms with E-state index in [4.69, 9.17) is 4.18 Å². The molecule has 0 bridgehead atoms. The molecule has 5 heteroatoms. The van der Waals surface area contributed by atoms with Crippen LogP contribution in [0.4, 0.5) is 5.69 Å². The van der Waals surface area contributed by atoms with Gasteiger partial charge < -0.3 is 4.90 Å². The molecule has 110 valence electrons. The minimum atomic E-state index is -1.27. The first kappa shape index (κ1) is 15.2. The van der Waals surface area contributed by atoms with Crippen molar-refractivity contribution in [1.82, 2.24) is 0 Å². The second-order valence-corrected chi connectivity index (χ2v) is 6.55. The number of carbonyl (C=O) groups is 1. The molecule has 20 heavy (non-hydrogen) atoms. The zero-order valence-corrected chi connectivity index (χ0v) is 13.0. The predicted octanol–water partition coefficient (Wildman–Crippen LogP) is 2.47. The largest absolute Gasteiger partial charge is 0.312 e. The molecule has 1 heterocycles. The van der Waals surface area contributed by atoms with Crippen molar-refractivity contribution in [3.8, 4) is 0 Å². The lowest BCUT2D eigenvalue weighted by Crippen LogP contribution is -2.25. The summed E-state index contributed by atoms with van der Waals surface area (Å²) in [6.45, 7) is 5.30. The average molecular weight is 295 g/mol. The number of carbonyl (C=O) groups excluding carboxylic acids is 1. The third-order valence-electron chi connectivity index (χ3n) is 3.55. The molecule has 0 N–H and O–H groups in total. The molecule has 2 rings (SSSR count). The number of anilines is 1. The number of rotatable bonds is 5. The average Bonchev–Trinajstić information content (AvgIpc) is 2.78. The van der Waals surface area contributed by atoms with Crippen LogP contribution in [0, 0.1) is 5.92 Å². The summed E-state index contributed by atoms with van der Waals surface area (Å²) in [6.07, 6.45) is 1.96. The van der Waals surface area contributed by atoms with Crippen LogP contribution in [-0.2, 0) is 20.1 Å². The molecule has 1 aromatic carbocycles. The van der Waals surface area contributed by atoms with Crippen molar-refractivity contribution >= 4 is 22.7 Å². The van der Waals surface area contributed by atoms with Gasteiger partial charge >= 0.3 is 0 Å². The molecule has 1 amide bonds. The van der Waals surface area contributed by atoms with Crippen molar-refractivity contribution in [2.24, 2.45) is 5.92 Å². The number of nitrogens with zero attached hydrogens (tertiary/aromatic N) is 1. The topological polar surface area (TPSA) is 46.6 Å². The first-order chi connectivity index (χ1) is 9.47. The van der Waals surface area contributed by atoms with E-state index in [1.807, 2.05) is 12.1 Å². The Hall–Kier alpha value is -1.20. The maximum atomic E-state index is 12.0. The summed E-state index contributed by atoms with van der Waals surface area (Å²) in [5, 5.41) is 0. The summed E-state index contributed by atoms with van der Waals surface area (Å²) in [5.74, 6) is 0.716. The van der Waals surface area contributed by atoms with Gasteiger partial charge in [-0.15, -0.1) is 0 Å². The Balaban J connectivity index is 2.02. The number of benzene rings is 1. The van der Waals surface area contributed by atoms with Crippen LogP contribution in [-0.4, -0.2) is 29.5 Å². The van der Waals surface area contributed by atoms with E-state index in [0.717, 1.165) is 5.69 Å². The van der Waals surface area contributed by atoms with E-state index in [9.17, 15) is 9.00 Å². The highest BCUT2D eigenvalue weighted by Gasteiger charge is 2.30. The molecule has 1 aromatic rings. The Morgan fingerprint density at radius 1 is 1.35 bits per heavy atom. The second-order valence-electron chi connectivity index (χ2n) is 5.51. The predicted molar refractivity (Wildman–Crippen MR) is 81.0 cm³/mol. The maximum absolute atomic E-state index is 12.0. The first-order valence-electron chi connectivity index (χ1n) is 6.84. The van der Waals surface area contributed by atoms with E-state index in [0.29, 0.717) is 25.5 Å². The normalized spacial score (nSPS) is 20.7. The Labute approximate surface area is 122 Å². The van der Waals surface area contributed by atoms with Gasteiger partial charge in [0, 0.05) is 30.8 Å². The molecular weight excluding hydrogens is 274 g/mol. The van der Waals surface area contributed by atoms with Crippen LogP contribution >= 0.6 is 0 Å². The lowest BCUT2D eigenvalue weighted by Gasteiger charge is -2.17. The standard InChI is InChI=1S/C15H21NO3S/c1-11(2)13-4-6-14(7-5-13)16-9-12(8-15(16)17)10-19-20(3)18/h4-7,11-12H,8-10H2,1-3H3. The molecule has 0 spiro atoms. The van der Waals surface area contributed by atoms with Gasteiger partial charge in [-0.1, -0.05) is 26.0 Å². The Bertz CT molecular complexity index is 498. The van der Waals surface area contributed by atoms with Crippen LogP contribution in [0.5, 0.6) is 0 Å². The van der Waals surface area contributed by atoms with Crippen LogP contribution in [0.1, 0.15) is 31.7 Å². The second kappa shape index (κ2) is 6.50. The molecule has 0 radical (unpaired) electrons. The number of hydrogen-bond acceptors (Lipinski definition) is 3. The Morgan fingerprint density at radius 2 is 2.00 bits per heavy atom. The van der Waals surface area contributed by atoms with Crippen molar-refractivity contribution < 1.29 is 13.2 Å². The fourth-order valence-electron chi connectivity index (χ4n) is 2.37. The van der Waals surface area contributed by atoms with Crippen molar-refractivity contribution in [1.29, 1.82) is 0 Å². The van der Waals surface area contributed by atoms with Gasteiger partial charge in [0.05, 0.1) is 6.61 Å². The highest BCUT2D eigenvalue weighted by molar-refractivity contribution is 7.79. The summed E-state index contributed by atoms with van der Waals surface area (Å²) in [4.78, 5) is 13.8. The van der Waals surface area contributed by atoms with Crippen molar-refractivity contribution in [2.45, 2.75) is 26.2 Å². The fourth-order valence-corrected chi connectivity index (χ4v) is 2.76. The quantitative estimate of drug-likeness (QED) is 0.838. The monoisotopic (exact) mass is 295 g/mol. The molecule has 1 saturated heterocycles. The molecule has 0 aromatic heterocycles. The number of hydrogen-bond donors (Lipinski definition) is 0. The summed E-state index contributed by atoms with van der Waals surface area (Å²) < 4.78 is 16.0. The maximum Gasteiger partial charge on any atom is 0.227 e.